The molecule has 0 saturated heterocycles. The number of carbonyl (C=O) groups is 2. The Balaban J connectivity index is 2.15. The number of methoxy groups -OCH3 is 2. The molecule has 8 heteroatoms. The van der Waals surface area contributed by atoms with Crippen molar-refractivity contribution in [2.45, 2.75) is 6.42 Å². The highest BCUT2D eigenvalue weighted by atomic mass is 32.1. The van der Waals surface area contributed by atoms with Gasteiger partial charge in [-0.2, -0.15) is 0 Å². The second-order valence-corrected chi connectivity index (χ2v) is 7.49. The van der Waals surface area contributed by atoms with Gasteiger partial charge in [-0.05, 0) is 62.8 Å². The third-order valence-electron chi connectivity index (χ3n) is 4.04. The molecule has 1 heterocycles. The first-order valence-corrected chi connectivity index (χ1v) is 10.0. The largest absolute Gasteiger partial charge is 0.493 e. The van der Waals surface area contributed by atoms with Crippen LogP contribution in [0.2, 0.25) is 0 Å². The van der Waals surface area contributed by atoms with Crippen molar-refractivity contribution >= 4 is 29.2 Å². The van der Waals surface area contributed by atoms with Gasteiger partial charge in [-0.15, -0.1) is 11.3 Å². The highest BCUT2D eigenvalue weighted by molar-refractivity contribution is 7.10. The lowest BCUT2D eigenvalue weighted by Crippen LogP contribution is -2.36. The Morgan fingerprint density at radius 1 is 1.14 bits per heavy atom. The quantitative estimate of drug-likeness (QED) is 0.459. The van der Waals surface area contributed by atoms with E-state index in [4.69, 9.17) is 9.47 Å². The molecule has 0 radical (unpaired) electrons. The fourth-order valence-electron chi connectivity index (χ4n) is 2.54. The fourth-order valence-corrected chi connectivity index (χ4v) is 3.20. The average Bonchev–Trinajstić information content (AvgIpc) is 3.22. The van der Waals surface area contributed by atoms with Crippen molar-refractivity contribution in [2.24, 2.45) is 0 Å². The van der Waals surface area contributed by atoms with Crippen molar-refractivity contribution in [1.29, 1.82) is 0 Å². The molecule has 0 bridgehead atoms. The van der Waals surface area contributed by atoms with Gasteiger partial charge in [0.1, 0.15) is 5.70 Å². The molecule has 0 spiro atoms. The highest BCUT2D eigenvalue weighted by Crippen LogP contribution is 2.27. The van der Waals surface area contributed by atoms with E-state index in [1.165, 1.54) is 25.6 Å². The topological polar surface area (TPSA) is 79.9 Å². The van der Waals surface area contributed by atoms with E-state index in [1.54, 1.807) is 24.3 Å². The molecule has 2 amide bonds. The first-order valence-electron chi connectivity index (χ1n) is 9.16. The summed E-state index contributed by atoms with van der Waals surface area (Å²) in [5.41, 5.74) is 0.553. The fraction of sp³-hybridized carbons (Fsp3) is 0.333. The van der Waals surface area contributed by atoms with Gasteiger partial charge in [-0.3, -0.25) is 9.59 Å². The van der Waals surface area contributed by atoms with Gasteiger partial charge in [0.05, 0.1) is 14.2 Å². The van der Waals surface area contributed by atoms with Crippen molar-refractivity contribution in [1.82, 2.24) is 15.5 Å². The zero-order chi connectivity index (χ0) is 21.2. The molecule has 1 aromatic carbocycles. The van der Waals surface area contributed by atoms with Gasteiger partial charge in [-0.1, -0.05) is 6.07 Å². The van der Waals surface area contributed by atoms with E-state index < -0.39 is 5.91 Å². The van der Waals surface area contributed by atoms with Crippen LogP contribution in [0.3, 0.4) is 0 Å². The van der Waals surface area contributed by atoms with Crippen molar-refractivity contribution in [2.75, 3.05) is 41.4 Å². The average molecular weight is 418 g/mol. The van der Waals surface area contributed by atoms with Crippen LogP contribution in [0.1, 0.15) is 21.7 Å². The standard InChI is InChI=1S/C21H27N3O4S/c1-24(2)11-6-10-22-21(26)17(14-16-7-5-12-29-16)23-20(25)15-8-9-18(27-3)19(13-15)28-4/h5,7-9,12-14H,6,10-11H2,1-4H3,(H,22,26)(H,23,25)/b17-14-. The monoisotopic (exact) mass is 417 g/mol. The molecule has 0 fully saturated rings. The summed E-state index contributed by atoms with van der Waals surface area (Å²) in [6.45, 7) is 1.38. The summed E-state index contributed by atoms with van der Waals surface area (Å²) in [7, 11) is 6.99. The van der Waals surface area contributed by atoms with Gasteiger partial charge in [0.25, 0.3) is 11.8 Å². The molecule has 0 unspecified atom stereocenters. The molecule has 0 aliphatic carbocycles. The van der Waals surface area contributed by atoms with Crippen molar-refractivity contribution in [3.63, 3.8) is 0 Å². The summed E-state index contributed by atoms with van der Waals surface area (Å²) in [6, 6.07) is 8.61. The second kappa shape index (κ2) is 11.2. The van der Waals surface area contributed by atoms with E-state index in [2.05, 4.69) is 10.6 Å². The summed E-state index contributed by atoms with van der Waals surface area (Å²) >= 11 is 1.48. The summed E-state index contributed by atoms with van der Waals surface area (Å²) in [4.78, 5) is 28.3. The second-order valence-electron chi connectivity index (χ2n) is 6.51. The molecule has 0 saturated carbocycles. The van der Waals surface area contributed by atoms with E-state index in [0.717, 1.165) is 17.8 Å². The van der Waals surface area contributed by atoms with Crippen LogP contribution in [0.25, 0.3) is 6.08 Å². The van der Waals surface area contributed by atoms with E-state index in [-0.39, 0.29) is 11.6 Å². The van der Waals surface area contributed by atoms with E-state index in [1.807, 2.05) is 36.5 Å². The van der Waals surface area contributed by atoms with Crippen LogP contribution in [0.15, 0.2) is 41.4 Å². The SMILES string of the molecule is COc1ccc(C(=O)N/C(=C\c2cccs2)C(=O)NCCCN(C)C)cc1OC. The van der Waals surface area contributed by atoms with Gasteiger partial charge >= 0.3 is 0 Å². The Morgan fingerprint density at radius 2 is 1.90 bits per heavy atom. The Hall–Kier alpha value is -2.84. The number of hydrogen-bond donors (Lipinski definition) is 2. The number of nitrogens with one attached hydrogen (secondary N) is 2. The maximum absolute atomic E-state index is 12.7. The molecule has 2 N–H and O–H groups in total. The normalized spacial score (nSPS) is 11.3. The Bertz CT molecular complexity index is 848. The smallest absolute Gasteiger partial charge is 0.267 e. The molecule has 0 aliphatic heterocycles. The molecule has 2 aromatic rings. The number of carbonyl (C=O) groups excluding carboxylic acids is 2. The predicted molar refractivity (Wildman–Crippen MR) is 115 cm³/mol. The summed E-state index contributed by atoms with van der Waals surface area (Å²) in [6.07, 6.45) is 2.49. The maximum Gasteiger partial charge on any atom is 0.267 e. The lowest BCUT2D eigenvalue weighted by Gasteiger charge is -2.13. The van der Waals surface area contributed by atoms with Crippen molar-refractivity contribution in [3.05, 3.63) is 51.8 Å². The lowest BCUT2D eigenvalue weighted by atomic mass is 10.1. The molecule has 2 rings (SSSR count). The number of benzene rings is 1. The molecule has 0 atom stereocenters. The van der Waals surface area contributed by atoms with Crippen LogP contribution in [0.4, 0.5) is 0 Å². The number of hydrogen-bond acceptors (Lipinski definition) is 6. The lowest BCUT2D eigenvalue weighted by molar-refractivity contribution is -0.117. The molecule has 156 valence electrons. The van der Waals surface area contributed by atoms with Crippen LogP contribution in [0.5, 0.6) is 11.5 Å². The Kier molecular flexibility index (Phi) is 8.69. The minimum atomic E-state index is -0.405. The first kappa shape index (κ1) is 22.4. The van der Waals surface area contributed by atoms with Crippen LogP contribution >= 0.6 is 11.3 Å². The van der Waals surface area contributed by atoms with Crippen LogP contribution < -0.4 is 20.1 Å². The van der Waals surface area contributed by atoms with Crippen LogP contribution in [0, 0.1) is 0 Å². The number of rotatable bonds is 10. The minimum absolute atomic E-state index is 0.192. The maximum atomic E-state index is 12.7. The van der Waals surface area contributed by atoms with E-state index in [0.29, 0.717) is 23.6 Å². The number of nitrogens with zero attached hydrogens (tertiary/aromatic N) is 1. The van der Waals surface area contributed by atoms with Gasteiger partial charge in [0.15, 0.2) is 11.5 Å². The minimum Gasteiger partial charge on any atom is -0.493 e. The highest BCUT2D eigenvalue weighted by Gasteiger charge is 2.16. The van der Waals surface area contributed by atoms with E-state index >= 15 is 0 Å². The van der Waals surface area contributed by atoms with Gasteiger partial charge in [0.2, 0.25) is 0 Å². The third-order valence-corrected chi connectivity index (χ3v) is 4.86. The zero-order valence-electron chi connectivity index (χ0n) is 17.2. The van der Waals surface area contributed by atoms with Gasteiger partial charge in [-0.25, -0.2) is 0 Å². The number of ether oxygens (including phenoxy) is 2. The third kappa shape index (κ3) is 6.92. The summed E-state index contributed by atoms with van der Waals surface area (Å²) < 4.78 is 10.4. The Labute approximate surface area is 175 Å². The number of thiophene rings is 1. The van der Waals surface area contributed by atoms with E-state index in [9.17, 15) is 9.59 Å². The Morgan fingerprint density at radius 3 is 2.52 bits per heavy atom. The molecule has 0 aliphatic rings. The number of amides is 2. The summed E-state index contributed by atoms with van der Waals surface area (Å²) in [5.74, 6) is 0.234. The molecular weight excluding hydrogens is 390 g/mol. The van der Waals surface area contributed by atoms with Gasteiger partial charge < -0.3 is 25.0 Å². The van der Waals surface area contributed by atoms with Crippen molar-refractivity contribution < 1.29 is 19.1 Å². The van der Waals surface area contributed by atoms with Crippen molar-refractivity contribution in [3.8, 4) is 11.5 Å². The van der Waals surface area contributed by atoms with Crippen LogP contribution in [-0.4, -0.2) is 58.1 Å². The molecular formula is C21H27N3O4S. The molecule has 7 nitrogen and oxygen atoms in total. The predicted octanol–water partition coefficient (Wildman–Crippen LogP) is 2.60. The molecule has 1 aromatic heterocycles. The van der Waals surface area contributed by atoms with Crippen LogP contribution in [-0.2, 0) is 4.79 Å². The zero-order valence-corrected chi connectivity index (χ0v) is 18.0. The van der Waals surface area contributed by atoms with Gasteiger partial charge in [0, 0.05) is 17.0 Å². The summed E-state index contributed by atoms with van der Waals surface area (Å²) in [5, 5.41) is 7.49. The molecule has 29 heavy (non-hydrogen) atoms. The first-order chi connectivity index (χ1) is 13.9.